The van der Waals surface area contributed by atoms with Gasteiger partial charge in [0.25, 0.3) is 5.91 Å². The van der Waals surface area contributed by atoms with Crippen molar-refractivity contribution in [1.82, 2.24) is 5.32 Å². The molecule has 1 aliphatic rings. The zero-order valence-corrected chi connectivity index (χ0v) is 16.0. The zero-order chi connectivity index (χ0) is 19.2. The third kappa shape index (κ3) is 6.24. The van der Waals surface area contributed by atoms with Crippen LogP contribution >= 0.6 is 7.60 Å². The van der Waals surface area contributed by atoms with Crippen LogP contribution < -0.4 is 5.32 Å². The summed E-state index contributed by atoms with van der Waals surface area (Å²) < 4.78 is 23.1. The molecule has 144 valence electrons. The molecule has 0 aromatic heterocycles. The van der Waals surface area contributed by atoms with Gasteiger partial charge in [-0.05, 0) is 43.9 Å². The van der Waals surface area contributed by atoms with E-state index >= 15 is 0 Å². The topological polar surface area (TPSA) is 102 Å². The van der Waals surface area contributed by atoms with Gasteiger partial charge < -0.3 is 19.5 Å². The molecular weight excluding hydrogens is 357 g/mol. The largest absolute Gasteiger partial charge is 0.480 e. The monoisotopic (exact) mass is 383 g/mol. The van der Waals surface area contributed by atoms with Gasteiger partial charge in [-0.3, -0.25) is 9.36 Å². The summed E-state index contributed by atoms with van der Waals surface area (Å²) in [4.78, 5) is 23.6. The van der Waals surface area contributed by atoms with Crippen molar-refractivity contribution < 1.29 is 28.3 Å². The van der Waals surface area contributed by atoms with E-state index in [2.05, 4.69) is 5.32 Å². The van der Waals surface area contributed by atoms with E-state index in [0.717, 1.165) is 18.4 Å². The molecule has 0 aliphatic heterocycles. The van der Waals surface area contributed by atoms with Crippen molar-refractivity contribution in [2.45, 2.75) is 45.3 Å². The Kier molecular flexibility index (Phi) is 7.38. The summed E-state index contributed by atoms with van der Waals surface area (Å²) in [5.74, 6) is -1.05. The van der Waals surface area contributed by atoms with Crippen LogP contribution in [0, 0.1) is 5.92 Å². The Morgan fingerprint density at radius 1 is 1.19 bits per heavy atom. The molecule has 1 atom stereocenters. The summed E-state index contributed by atoms with van der Waals surface area (Å²) in [5.41, 5.74) is 1.08. The second kappa shape index (κ2) is 9.31. The van der Waals surface area contributed by atoms with Crippen molar-refractivity contribution in [1.29, 1.82) is 0 Å². The Morgan fingerprint density at radius 2 is 1.77 bits per heavy atom. The first kappa shape index (κ1) is 20.6. The number of carbonyl (C=O) groups excluding carboxylic acids is 1. The maximum Gasteiger partial charge on any atom is 0.335 e. The molecule has 2 N–H and O–H groups in total. The first-order valence-electron chi connectivity index (χ1n) is 8.87. The van der Waals surface area contributed by atoms with Gasteiger partial charge in [0.05, 0.1) is 19.4 Å². The molecule has 2 rings (SSSR count). The zero-order valence-electron chi connectivity index (χ0n) is 15.1. The summed E-state index contributed by atoms with van der Waals surface area (Å²) in [6.45, 7) is 4.07. The molecule has 8 heteroatoms. The Hall–Kier alpha value is -1.69. The number of hydrogen-bond acceptors (Lipinski definition) is 5. The number of rotatable bonds is 11. The SMILES string of the molecule is CCOP(=O)(Cc1ccc(C(=O)N[C@@H](CC2CC2)C(=O)O)cc1)OCC. The lowest BCUT2D eigenvalue weighted by Crippen LogP contribution is -2.41. The Balaban J connectivity index is 1.99. The molecule has 0 bridgehead atoms. The highest BCUT2D eigenvalue weighted by atomic mass is 31.2. The second-order valence-electron chi connectivity index (χ2n) is 6.34. The fraction of sp³-hybridized carbons (Fsp3) is 0.556. The van der Waals surface area contributed by atoms with Crippen molar-refractivity contribution in [3.63, 3.8) is 0 Å². The van der Waals surface area contributed by atoms with Gasteiger partial charge in [-0.25, -0.2) is 4.79 Å². The highest BCUT2D eigenvalue weighted by Gasteiger charge is 2.30. The molecule has 0 spiro atoms. The lowest BCUT2D eigenvalue weighted by atomic mass is 10.1. The molecule has 1 aromatic rings. The van der Waals surface area contributed by atoms with Crippen molar-refractivity contribution >= 4 is 19.5 Å². The number of amides is 1. The van der Waals surface area contributed by atoms with Crippen molar-refractivity contribution in [3.05, 3.63) is 35.4 Å². The highest BCUT2D eigenvalue weighted by molar-refractivity contribution is 7.53. The lowest BCUT2D eigenvalue weighted by Gasteiger charge is -2.17. The van der Waals surface area contributed by atoms with Gasteiger partial charge in [0.2, 0.25) is 0 Å². The molecule has 7 nitrogen and oxygen atoms in total. The van der Waals surface area contributed by atoms with Crippen LogP contribution in [0.25, 0.3) is 0 Å². The van der Waals surface area contributed by atoms with E-state index in [-0.39, 0.29) is 19.4 Å². The first-order valence-corrected chi connectivity index (χ1v) is 10.6. The summed E-state index contributed by atoms with van der Waals surface area (Å²) in [5, 5.41) is 11.8. The normalized spacial score (nSPS) is 15.5. The van der Waals surface area contributed by atoms with E-state index in [1.807, 2.05) is 0 Å². The summed E-state index contributed by atoms with van der Waals surface area (Å²) in [6, 6.07) is 5.66. The van der Waals surface area contributed by atoms with Gasteiger partial charge in [-0.1, -0.05) is 25.0 Å². The van der Waals surface area contributed by atoms with Crippen LogP contribution in [0.4, 0.5) is 0 Å². The first-order chi connectivity index (χ1) is 12.4. The van der Waals surface area contributed by atoms with Gasteiger partial charge >= 0.3 is 13.6 Å². The molecular formula is C18H26NO6P. The molecule has 1 aliphatic carbocycles. The van der Waals surface area contributed by atoms with E-state index < -0.39 is 25.5 Å². The van der Waals surface area contributed by atoms with E-state index in [1.165, 1.54) is 0 Å². The van der Waals surface area contributed by atoms with Gasteiger partial charge in [-0.2, -0.15) is 0 Å². The fourth-order valence-corrected chi connectivity index (χ4v) is 4.36. The van der Waals surface area contributed by atoms with Crippen LogP contribution in [0.3, 0.4) is 0 Å². The second-order valence-corrected chi connectivity index (χ2v) is 8.40. The molecule has 0 unspecified atom stereocenters. The summed E-state index contributed by atoms with van der Waals surface area (Å²) >= 11 is 0. The van der Waals surface area contributed by atoms with Gasteiger partial charge in [0.15, 0.2) is 0 Å². The maximum atomic E-state index is 12.5. The molecule has 1 amide bonds. The third-order valence-electron chi connectivity index (χ3n) is 4.11. The van der Waals surface area contributed by atoms with Gasteiger partial charge in [0, 0.05) is 5.56 Å². The third-order valence-corrected chi connectivity index (χ3v) is 6.17. The predicted molar refractivity (Wildman–Crippen MR) is 97.2 cm³/mol. The quantitative estimate of drug-likeness (QED) is 0.568. The van der Waals surface area contributed by atoms with Gasteiger partial charge in [-0.15, -0.1) is 0 Å². The molecule has 1 aromatic carbocycles. The van der Waals surface area contributed by atoms with Crippen molar-refractivity contribution in [2.24, 2.45) is 5.92 Å². The van der Waals surface area contributed by atoms with E-state index in [0.29, 0.717) is 17.9 Å². The van der Waals surface area contributed by atoms with Crippen LogP contribution in [-0.4, -0.2) is 36.2 Å². The molecule has 0 saturated heterocycles. The number of carboxylic acid groups (broad SMARTS) is 1. The molecule has 0 radical (unpaired) electrons. The summed E-state index contributed by atoms with van der Waals surface area (Å²) in [6.07, 6.45) is 2.63. The molecule has 1 saturated carbocycles. The molecule has 0 heterocycles. The fourth-order valence-electron chi connectivity index (χ4n) is 2.66. The summed E-state index contributed by atoms with van der Waals surface area (Å²) in [7, 11) is -3.20. The van der Waals surface area contributed by atoms with Crippen molar-refractivity contribution in [3.8, 4) is 0 Å². The number of carboxylic acids is 1. The van der Waals surface area contributed by atoms with Gasteiger partial charge in [0.1, 0.15) is 6.04 Å². The smallest absolute Gasteiger partial charge is 0.335 e. The number of benzene rings is 1. The minimum Gasteiger partial charge on any atom is -0.480 e. The van der Waals surface area contributed by atoms with Crippen LogP contribution in [0.1, 0.15) is 49.0 Å². The Morgan fingerprint density at radius 3 is 2.23 bits per heavy atom. The van der Waals surface area contributed by atoms with Crippen LogP contribution in [0.5, 0.6) is 0 Å². The number of carbonyl (C=O) groups is 2. The van der Waals surface area contributed by atoms with Crippen LogP contribution in [0.2, 0.25) is 0 Å². The minimum absolute atomic E-state index is 0.121. The van der Waals surface area contributed by atoms with Crippen LogP contribution in [0.15, 0.2) is 24.3 Å². The highest BCUT2D eigenvalue weighted by Crippen LogP contribution is 2.51. The Labute approximate surface area is 153 Å². The number of aliphatic carboxylic acids is 1. The molecule has 26 heavy (non-hydrogen) atoms. The standard InChI is InChI=1S/C18H26NO6P/c1-3-24-26(23,25-4-2)12-14-7-9-15(10-8-14)17(20)19-16(18(21)22)11-13-5-6-13/h7-10,13,16H,3-6,11-12H2,1-2H3,(H,19,20)(H,21,22)/t16-/m0/s1. The van der Waals surface area contributed by atoms with E-state index in [9.17, 15) is 19.3 Å². The average molecular weight is 383 g/mol. The number of hydrogen-bond donors (Lipinski definition) is 2. The van der Waals surface area contributed by atoms with E-state index in [1.54, 1.807) is 38.1 Å². The molecule has 1 fully saturated rings. The predicted octanol–water partition coefficient (Wildman–Crippen LogP) is 3.44. The minimum atomic E-state index is -3.20. The maximum absolute atomic E-state index is 12.5. The number of nitrogens with one attached hydrogen (secondary N) is 1. The average Bonchev–Trinajstić information content (AvgIpc) is 3.39. The van der Waals surface area contributed by atoms with Crippen LogP contribution in [-0.2, 0) is 24.6 Å². The lowest BCUT2D eigenvalue weighted by molar-refractivity contribution is -0.139. The van der Waals surface area contributed by atoms with E-state index in [4.69, 9.17) is 9.05 Å². The van der Waals surface area contributed by atoms with Crippen molar-refractivity contribution in [2.75, 3.05) is 13.2 Å². The Bertz CT molecular complexity index is 661.